The second kappa shape index (κ2) is 7.76. The van der Waals surface area contributed by atoms with Crippen LogP contribution in [0.5, 0.6) is 0 Å². The van der Waals surface area contributed by atoms with Crippen molar-refractivity contribution in [2.45, 2.75) is 40.3 Å². The highest BCUT2D eigenvalue weighted by molar-refractivity contribution is 5.86. The van der Waals surface area contributed by atoms with Gasteiger partial charge in [-0.2, -0.15) is 0 Å². The fourth-order valence-electron chi connectivity index (χ4n) is 1.90. The molecule has 5 heteroatoms. The first kappa shape index (κ1) is 17.1. The normalized spacial score (nSPS) is 12.1. The molecule has 1 aromatic carbocycles. The molecule has 21 heavy (non-hydrogen) atoms. The lowest BCUT2D eigenvalue weighted by molar-refractivity contribution is -0.139. The number of hydrogen-bond donors (Lipinski definition) is 1. The average Bonchev–Trinajstić information content (AvgIpc) is 2.43. The lowest BCUT2D eigenvalue weighted by Gasteiger charge is -2.27. The third-order valence-electron chi connectivity index (χ3n) is 3.20. The largest absolute Gasteiger partial charge is 0.354 e. The highest BCUT2D eigenvalue weighted by Gasteiger charge is 2.23. The van der Waals surface area contributed by atoms with Gasteiger partial charge in [0, 0.05) is 20.0 Å². The van der Waals surface area contributed by atoms with Crippen molar-refractivity contribution in [3.63, 3.8) is 0 Å². The summed E-state index contributed by atoms with van der Waals surface area (Å²) in [5.74, 6) is -0.340. The van der Waals surface area contributed by atoms with Gasteiger partial charge in [-0.3, -0.25) is 9.59 Å². The van der Waals surface area contributed by atoms with Gasteiger partial charge in [-0.25, -0.2) is 4.39 Å². The Morgan fingerprint density at radius 3 is 2.24 bits per heavy atom. The number of rotatable bonds is 6. The van der Waals surface area contributed by atoms with Crippen LogP contribution in [0.4, 0.5) is 4.39 Å². The number of nitrogens with one attached hydrogen (secondary N) is 1. The molecule has 1 rings (SSSR count). The molecule has 0 aliphatic carbocycles. The maximum atomic E-state index is 12.9. The maximum absolute atomic E-state index is 12.9. The molecule has 1 N–H and O–H groups in total. The molecule has 0 fully saturated rings. The van der Waals surface area contributed by atoms with Gasteiger partial charge in [-0.15, -0.1) is 0 Å². The van der Waals surface area contributed by atoms with Gasteiger partial charge in [0.05, 0.1) is 0 Å². The second-order valence-electron chi connectivity index (χ2n) is 5.59. The van der Waals surface area contributed by atoms with Gasteiger partial charge in [0.25, 0.3) is 0 Å². The van der Waals surface area contributed by atoms with Crippen molar-refractivity contribution in [2.75, 3.05) is 6.54 Å². The van der Waals surface area contributed by atoms with Crippen LogP contribution in [-0.2, 0) is 16.1 Å². The number of carbonyl (C=O) groups excluding carboxylic acids is 2. The quantitative estimate of drug-likeness (QED) is 0.875. The molecule has 0 saturated heterocycles. The molecule has 0 spiro atoms. The van der Waals surface area contributed by atoms with Crippen LogP contribution in [0, 0.1) is 11.7 Å². The molecule has 0 radical (unpaired) electrons. The summed E-state index contributed by atoms with van der Waals surface area (Å²) in [5, 5.41) is 2.82. The van der Waals surface area contributed by atoms with E-state index in [-0.39, 0.29) is 24.2 Å². The molecular weight excluding hydrogens is 271 g/mol. The van der Waals surface area contributed by atoms with Gasteiger partial charge in [-0.1, -0.05) is 26.0 Å². The number of amides is 2. The lowest BCUT2D eigenvalue weighted by atomic mass is 10.1. The lowest BCUT2D eigenvalue weighted by Crippen LogP contribution is -2.47. The van der Waals surface area contributed by atoms with Crippen LogP contribution >= 0.6 is 0 Å². The van der Waals surface area contributed by atoms with Crippen molar-refractivity contribution < 1.29 is 14.0 Å². The average molecular weight is 294 g/mol. The molecule has 0 aliphatic heterocycles. The Bertz CT molecular complexity index is 486. The minimum atomic E-state index is -0.564. The number of carbonyl (C=O) groups is 2. The molecule has 1 aromatic rings. The first-order valence-electron chi connectivity index (χ1n) is 7.10. The minimum Gasteiger partial charge on any atom is -0.354 e. The predicted octanol–water partition coefficient (Wildman–Crippen LogP) is 2.33. The molecule has 1 atom stereocenters. The van der Waals surface area contributed by atoms with Crippen molar-refractivity contribution in [3.05, 3.63) is 35.6 Å². The summed E-state index contributed by atoms with van der Waals surface area (Å²) in [6.45, 7) is 7.99. The Hall–Kier alpha value is -1.91. The van der Waals surface area contributed by atoms with E-state index >= 15 is 0 Å². The van der Waals surface area contributed by atoms with Gasteiger partial charge < -0.3 is 10.2 Å². The number of hydrogen-bond acceptors (Lipinski definition) is 2. The van der Waals surface area contributed by atoms with Gasteiger partial charge in [0.2, 0.25) is 11.8 Å². The minimum absolute atomic E-state index is 0.180. The van der Waals surface area contributed by atoms with Crippen LogP contribution < -0.4 is 5.32 Å². The topological polar surface area (TPSA) is 49.4 Å². The Morgan fingerprint density at radius 1 is 1.19 bits per heavy atom. The Labute approximate surface area is 125 Å². The van der Waals surface area contributed by atoms with Crippen LogP contribution in [0.15, 0.2) is 24.3 Å². The molecule has 0 bridgehead atoms. The summed E-state index contributed by atoms with van der Waals surface area (Å²) in [5.41, 5.74) is 0.787. The molecular formula is C16H23FN2O2. The van der Waals surface area contributed by atoms with Crippen LogP contribution in [0.1, 0.15) is 33.3 Å². The molecule has 4 nitrogen and oxygen atoms in total. The van der Waals surface area contributed by atoms with E-state index in [1.54, 1.807) is 19.1 Å². The van der Waals surface area contributed by atoms with E-state index in [1.807, 2.05) is 13.8 Å². The van der Waals surface area contributed by atoms with Crippen molar-refractivity contribution >= 4 is 11.8 Å². The van der Waals surface area contributed by atoms with Crippen LogP contribution in [-0.4, -0.2) is 29.3 Å². The smallest absolute Gasteiger partial charge is 0.242 e. The van der Waals surface area contributed by atoms with E-state index in [4.69, 9.17) is 0 Å². The Kier molecular flexibility index (Phi) is 6.34. The summed E-state index contributed by atoms with van der Waals surface area (Å²) in [4.78, 5) is 25.3. The van der Waals surface area contributed by atoms with E-state index in [1.165, 1.54) is 24.0 Å². The molecule has 0 heterocycles. The monoisotopic (exact) mass is 294 g/mol. The highest BCUT2D eigenvalue weighted by atomic mass is 19.1. The van der Waals surface area contributed by atoms with Crippen molar-refractivity contribution in [3.8, 4) is 0 Å². The first-order valence-corrected chi connectivity index (χ1v) is 7.10. The maximum Gasteiger partial charge on any atom is 0.242 e. The summed E-state index contributed by atoms with van der Waals surface area (Å²) >= 11 is 0. The molecule has 0 saturated carbocycles. The Morgan fingerprint density at radius 2 is 1.76 bits per heavy atom. The molecule has 0 aliphatic rings. The summed E-state index contributed by atoms with van der Waals surface area (Å²) in [6.07, 6.45) is 0. The highest BCUT2D eigenvalue weighted by Crippen LogP contribution is 2.10. The van der Waals surface area contributed by atoms with Gasteiger partial charge in [0.1, 0.15) is 11.9 Å². The zero-order valence-electron chi connectivity index (χ0n) is 13.0. The first-order chi connectivity index (χ1) is 9.81. The predicted molar refractivity (Wildman–Crippen MR) is 79.9 cm³/mol. The zero-order valence-corrected chi connectivity index (χ0v) is 13.0. The number of benzene rings is 1. The molecule has 2 amide bonds. The van der Waals surface area contributed by atoms with E-state index in [0.717, 1.165) is 5.56 Å². The van der Waals surface area contributed by atoms with Crippen LogP contribution in [0.25, 0.3) is 0 Å². The van der Waals surface area contributed by atoms with E-state index < -0.39 is 6.04 Å². The van der Waals surface area contributed by atoms with E-state index in [9.17, 15) is 14.0 Å². The third kappa shape index (κ3) is 5.53. The standard InChI is InChI=1S/C16H23FN2O2/c1-11(2)9-18-16(21)12(3)19(13(4)20)10-14-5-7-15(17)8-6-14/h5-8,11-12H,9-10H2,1-4H3,(H,18,21). The molecule has 116 valence electrons. The van der Waals surface area contributed by atoms with Crippen molar-refractivity contribution in [1.29, 1.82) is 0 Å². The summed E-state index contributed by atoms with van der Waals surface area (Å²) in [6, 6.07) is 5.36. The number of nitrogens with zero attached hydrogens (tertiary/aromatic N) is 1. The van der Waals surface area contributed by atoms with Crippen LogP contribution in [0.2, 0.25) is 0 Å². The fraction of sp³-hybridized carbons (Fsp3) is 0.500. The molecule has 1 unspecified atom stereocenters. The number of halogens is 1. The SMILES string of the molecule is CC(=O)N(Cc1ccc(F)cc1)C(C)C(=O)NCC(C)C. The van der Waals surface area contributed by atoms with E-state index in [0.29, 0.717) is 12.5 Å². The third-order valence-corrected chi connectivity index (χ3v) is 3.20. The molecule has 0 aromatic heterocycles. The Balaban J connectivity index is 2.74. The van der Waals surface area contributed by atoms with Gasteiger partial charge in [-0.05, 0) is 30.5 Å². The summed E-state index contributed by atoms with van der Waals surface area (Å²) in [7, 11) is 0. The zero-order chi connectivity index (χ0) is 16.0. The van der Waals surface area contributed by atoms with Gasteiger partial charge in [0.15, 0.2) is 0 Å². The van der Waals surface area contributed by atoms with Gasteiger partial charge >= 0.3 is 0 Å². The second-order valence-corrected chi connectivity index (χ2v) is 5.59. The van der Waals surface area contributed by atoms with Crippen molar-refractivity contribution in [2.24, 2.45) is 5.92 Å². The van der Waals surface area contributed by atoms with Crippen LogP contribution in [0.3, 0.4) is 0 Å². The fourth-order valence-corrected chi connectivity index (χ4v) is 1.90. The summed E-state index contributed by atoms with van der Waals surface area (Å²) < 4.78 is 12.9. The van der Waals surface area contributed by atoms with Crippen molar-refractivity contribution in [1.82, 2.24) is 10.2 Å². The van der Waals surface area contributed by atoms with E-state index in [2.05, 4.69) is 5.32 Å².